The summed E-state index contributed by atoms with van der Waals surface area (Å²) in [5.74, 6) is 0. The van der Waals surface area contributed by atoms with Crippen LogP contribution >= 0.6 is 0 Å². The van der Waals surface area contributed by atoms with E-state index < -0.39 is 0 Å². The predicted octanol–water partition coefficient (Wildman–Crippen LogP) is 13.2. The highest BCUT2D eigenvalue weighted by molar-refractivity contribution is 6.18. The minimum absolute atomic E-state index is 0.469. The van der Waals surface area contributed by atoms with Crippen molar-refractivity contribution in [1.29, 1.82) is 10.5 Å². The molecule has 9 aromatic rings. The largest absolute Gasteiger partial charge is 0.192 e. The normalized spacial score (nSPS) is 11.4. The number of rotatable bonds is 4. The number of nitriles is 2. The van der Waals surface area contributed by atoms with E-state index in [1.54, 1.807) is 6.07 Å². The van der Waals surface area contributed by atoms with Crippen LogP contribution in [0.5, 0.6) is 0 Å². The maximum absolute atomic E-state index is 9.84. The molecular weight excluding hydrogens is 629 g/mol. The molecule has 0 amide bonds. The zero-order valence-corrected chi connectivity index (χ0v) is 28.1. The molecule has 0 fully saturated rings. The van der Waals surface area contributed by atoms with E-state index in [2.05, 4.69) is 164 Å². The number of benzene rings is 9. The van der Waals surface area contributed by atoms with Gasteiger partial charge in [-0.15, -0.1) is 0 Å². The van der Waals surface area contributed by atoms with Gasteiger partial charge in [0.05, 0.1) is 23.3 Å². The summed E-state index contributed by atoms with van der Waals surface area (Å²) in [4.78, 5) is 0. The molecule has 1 aliphatic carbocycles. The Bertz CT molecular complexity index is 2980. The number of hydrogen-bond acceptors (Lipinski definition) is 2. The minimum atomic E-state index is 0.469. The first kappa shape index (κ1) is 29.6. The monoisotopic (exact) mass is 656 g/mol. The molecule has 52 heavy (non-hydrogen) atoms. The molecule has 0 atom stereocenters. The summed E-state index contributed by atoms with van der Waals surface area (Å²) in [5.41, 5.74) is 14.6. The first-order chi connectivity index (χ1) is 25.6. The van der Waals surface area contributed by atoms with Crippen LogP contribution < -0.4 is 0 Å². The SMILES string of the molecule is N#Cc1cc(C#N)cc(-c2cc(-c3ccc4ccc(-c5ccc6ccccc6c5)cc4c3)cc(-c3ccc4c5c(cccc35)-c3ccccc3-4)c2)c1. The molecule has 0 N–H and O–H groups in total. The van der Waals surface area contributed by atoms with Gasteiger partial charge in [-0.25, -0.2) is 0 Å². The zero-order valence-electron chi connectivity index (χ0n) is 28.1. The Kier molecular flexibility index (Phi) is 6.65. The Morgan fingerprint density at radius 1 is 0.288 bits per heavy atom. The second-order valence-corrected chi connectivity index (χ2v) is 13.6. The van der Waals surface area contributed by atoms with Crippen LogP contribution in [0.25, 0.3) is 99.1 Å². The first-order valence-corrected chi connectivity index (χ1v) is 17.4. The van der Waals surface area contributed by atoms with E-state index in [9.17, 15) is 10.5 Å². The van der Waals surface area contributed by atoms with Gasteiger partial charge in [0.25, 0.3) is 0 Å². The molecule has 2 heteroatoms. The molecule has 0 aliphatic heterocycles. The lowest BCUT2D eigenvalue weighted by Crippen LogP contribution is -1.90. The lowest BCUT2D eigenvalue weighted by atomic mass is 9.89. The summed E-state index contributed by atoms with van der Waals surface area (Å²) in [5, 5.41) is 27.0. The zero-order chi connectivity index (χ0) is 34.8. The van der Waals surface area contributed by atoms with Gasteiger partial charge in [-0.3, -0.25) is 0 Å². The molecule has 0 saturated heterocycles. The van der Waals surface area contributed by atoms with Crippen molar-refractivity contribution in [2.24, 2.45) is 0 Å². The van der Waals surface area contributed by atoms with Crippen molar-refractivity contribution >= 4 is 32.3 Å². The van der Waals surface area contributed by atoms with Gasteiger partial charge in [0.1, 0.15) is 0 Å². The van der Waals surface area contributed by atoms with Crippen LogP contribution in [0.3, 0.4) is 0 Å². The molecule has 0 unspecified atom stereocenters. The third-order valence-electron chi connectivity index (χ3n) is 10.6. The number of nitrogens with zero attached hydrogens (tertiary/aromatic N) is 2. The second kappa shape index (κ2) is 11.7. The highest BCUT2D eigenvalue weighted by atomic mass is 14.3. The summed E-state index contributed by atoms with van der Waals surface area (Å²) < 4.78 is 0. The van der Waals surface area contributed by atoms with Crippen molar-refractivity contribution in [3.05, 3.63) is 181 Å². The average Bonchev–Trinajstić information content (AvgIpc) is 3.54. The summed E-state index contributed by atoms with van der Waals surface area (Å²) in [6.45, 7) is 0. The van der Waals surface area contributed by atoms with Gasteiger partial charge in [-0.05, 0) is 154 Å². The summed E-state index contributed by atoms with van der Waals surface area (Å²) in [6, 6.07) is 64.8. The van der Waals surface area contributed by atoms with Crippen molar-refractivity contribution in [2.45, 2.75) is 0 Å². The summed E-state index contributed by atoms with van der Waals surface area (Å²) in [7, 11) is 0. The van der Waals surface area contributed by atoms with Crippen LogP contribution in [-0.2, 0) is 0 Å². The van der Waals surface area contributed by atoms with Gasteiger partial charge in [0, 0.05) is 0 Å². The van der Waals surface area contributed by atoms with E-state index in [1.807, 2.05) is 12.1 Å². The summed E-state index contributed by atoms with van der Waals surface area (Å²) >= 11 is 0. The molecule has 0 radical (unpaired) electrons. The fourth-order valence-electron chi connectivity index (χ4n) is 8.07. The molecule has 0 spiro atoms. The fourth-order valence-corrected chi connectivity index (χ4v) is 8.07. The van der Waals surface area contributed by atoms with E-state index in [1.165, 1.54) is 60.3 Å². The molecule has 0 heterocycles. The lowest BCUT2D eigenvalue weighted by Gasteiger charge is -2.15. The van der Waals surface area contributed by atoms with Crippen LogP contribution in [0, 0.1) is 22.7 Å². The smallest absolute Gasteiger partial charge is 0.0992 e. The molecule has 1 aliphatic rings. The Hall–Kier alpha value is -7.26. The van der Waals surface area contributed by atoms with Gasteiger partial charge in [0.2, 0.25) is 0 Å². The third kappa shape index (κ3) is 4.79. The first-order valence-electron chi connectivity index (χ1n) is 17.4. The van der Waals surface area contributed by atoms with Crippen molar-refractivity contribution in [1.82, 2.24) is 0 Å². The average molecular weight is 657 g/mol. The molecule has 2 nitrogen and oxygen atoms in total. The Morgan fingerprint density at radius 3 is 1.44 bits per heavy atom. The van der Waals surface area contributed by atoms with Gasteiger partial charge >= 0.3 is 0 Å². The molecule has 9 aromatic carbocycles. The number of fused-ring (bicyclic) bond motifs is 5. The van der Waals surface area contributed by atoms with E-state index in [0.717, 1.165) is 38.8 Å². The fraction of sp³-hybridized carbons (Fsp3) is 0. The lowest BCUT2D eigenvalue weighted by molar-refractivity contribution is 1.44. The van der Waals surface area contributed by atoms with Crippen molar-refractivity contribution in [2.75, 3.05) is 0 Å². The number of hydrogen-bond donors (Lipinski definition) is 0. The second-order valence-electron chi connectivity index (χ2n) is 13.6. The van der Waals surface area contributed by atoms with Crippen LogP contribution in [0.4, 0.5) is 0 Å². The van der Waals surface area contributed by atoms with Crippen molar-refractivity contribution in [3.8, 4) is 78.9 Å². The van der Waals surface area contributed by atoms with Crippen LogP contribution in [0.1, 0.15) is 11.1 Å². The molecule has 0 saturated carbocycles. The van der Waals surface area contributed by atoms with Crippen LogP contribution in [-0.4, -0.2) is 0 Å². The van der Waals surface area contributed by atoms with Gasteiger partial charge in [-0.2, -0.15) is 10.5 Å². The maximum atomic E-state index is 9.84. The minimum Gasteiger partial charge on any atom is -0.192 e. The molecule has 10 rings (SSSR count). The highest BCUT2D eigenvalue weighted by Gasteiger charge is 2.22. The third-order valence-corrected chi connectivity index (χ3v) is 10.6. The molecular formula is C50H28N2. The van der Waals surface area contributed by atoms with Crippen molar-refractivity contribution < 1.29 is 0 Å². The van der Waals surface area contributed by atoms with Crippen LogP contribution in [0.15, 0.2) is 170 Å². The van der Waals surface area contributed by atoms with E-state index in [-0.39, 0.29) is 0 Å². The molecule has 0 aromatic heterocycles. The van der Waals surface area contributed by atoms with Gasteiger partial charge in [-0.1, -0.05) is 115 Å². The van der Waals surface area contributed by atoms with Crippen molar-refractivity contribution in [3.63, 3.8) is 0 Å². The Labute approximate surface area is 301 Å². The predicted molar refractivity (Wildman–Crippen MR) is 215 cm³/mol. The Balaban J connectivity index is 1.17. The molecule has 238 valence electrons. The Morgan fingerprint density at radius 2 is 0.769 bits per heavy atom. The molecule has 0 bridgehead atoms. The van der Waals surface area contributed by atoms with Crippen LogP contribution in [0.2, 0.25) is 0 Å². The van der Waals surface area contributed by atoms with Gasteiger partial charge < -0.3 is 0 Å². The van der Waals surface area contributed by atoms with E-state index >= 15 is 0 Å². The van der Waals surface area contributed by atoms with Gasteiger partial charge in [0.15, 0.2) is 0 Å². The topological polar surface area (TPSA) is 47.6 Å². The van der Waals surface area contributed by atoms with E-state index in [0.29, 0.717) is 11.1 Å². The maximum Gasteiger partial charge on any atom is 0.0992 e. The summed E-state index contributed by atoms with van der Waals surface area (Å²) in [6.07, 6.45) is 0. The van der Waals surface area contributed by atoms with E-state index in [4.69, 9.17) is 0 Å². The highest BCUT2D eigenvalue weighted by Crippen LogP contribution is 2.49. The quantitative estimate of drug-likeness (QED) is 0.189. The standard InChI is InChI=1S/C50H28N2/c51-29-31-20-32(30-52)22-39(21-31)42-26-41(27-43(28-42)44-18-19-49-46-9-4-3-8-45(46)48-11-5-10-47(44)50(48)49)38-17-14-34-13-16-37(24-40(34)25-38)36-15-12-33-6-1-2-7-35(33)23-36/h1-28H.